The highest BCUT2D eigenvalue weighted by molar-refractivity contribution is 6.33. The van der Waals surface area contributed by atoms with Gasteiger partial charge in [0, 0.05) is 12.1 Å². The number of halogens is 1. The van der Waals surface area contributed by atoms with Crippen molar-refractivity contribution in [1.29, 1.82) is 0 Å². The second kappa shape index (κ2) is 9.32. The van der Waals surface area contributed by atoms with E-state index < -0.39 is 17.6 Å². The summed E-state index contributed by atoms with van der Waals surface area (Å²) in [7, 11) is 0. The highest BCUT2D eigenvalue weighted by Crippen LogP contribution is 2.30. The third-order valence-electron chi connectivity index (χ3n) is 4.28. The number of hydrogen-bond acceptors (Lipinski definition) is 6. The minimum absolute atomic E-state index is 0.0764. The molecule has 9 heteroatoms. The minimum atomic E-state index is -0.641. The fourth-order valence-electron chi connectivity index (χ4n) is 3.05. The number of primary amides is 1. The first-order chi connectivity index (χ1) is 13.1. The molecule has 0 atom stereocenters. The third kappa shape index (κ3) is 6.44. The first-order valence-electron chi connectivity index (χ1n) is 9.48. The Morgan fingerprint density at radius 3 is 2.39 bits per heavy atom. The molecule has 0 unspecified atom stereocenters. The Kier molecular flexibility index (Phi) is 7.35. The summed E-state index contributed by atoms with van der Waals surface area (Å²) < 4.78 is 10.7. The molecule has 0 aromatic carbocycles. The van der Waals surface area contributed by atoms with Crippen molar-refractivity contribution in [3.05, 3.63) is 16.7 Å². The van der Waals surface area contributed by atoms with E-state index in [4.69, 9.17) is 26.8 Å². The van der Waals surface area contributed by atoms with Crippen molar-refractivity contribution in [3.8, 4) is 5.88 Å². The van der Waals surface area contributed by atoms with Crippen molar-refractivity contribution in [2.24, 2.45) is 5.73 Å². The van der Waals surface area contributed by atoms with Crippen molar-refractivity contribution in [2.75, 3.05) is 11.9 Å². The van der Waals surface area contributed by atoms with Gasteiger partial charge in [0.1, 0.15) is 17.0 Å². The van der Waals surface area contributed by atoms with Crippen LogP contribution in [-0.2, 0) is 4.74 Å². The van der Waals surface area contributed by atoms with Crippen molar-refractivity contribution in [1.82, 2.24) is 10.3 Å². The molecule has 28 heavy (non-hydrogen) atoms. The first kappa shape index (κ1) is 22.1. The lowest BCUT2D eigenvalue weighted by Crippen LogP contribution is -2.42. The number of nitrogens with two attached hydrogens (primary N) is 1. The quantitative estimate of drug-likeness (QED) is 0.658. The number of hydrogen-bond donors (Lipinski definition) is 3. The van der Waals surface area contributed by atoms with Gasteiger partial charge in [0.25, 0.3) is 5.91 Å². The molecule has 2 rings (SSSR count). The molecule has 0 aliphatic heterocycles. The van der Waals surface area contributed by atoms with Gasteiger partial charge in [0.2, 0.25) is 5.88 Å². The Morgan fingerprint density at radius 1 is 1.25 bits per heavy atom. The SMILES string of the molecule is CCOc1nc(NC2CCC(NC(=O)OC(C)(C)C)CC2)c(Cl)cc1C(N)=O. The van der Waals surface area contributed by atoms with E-state index in [-0.39, 0.29) is 23.5 Å². The van der Waals surface area contributed by atoms with Gasteiger partial charge in [-0.05, 0) is 59.4 Å². The monoisotopic (exact) mass is 412 g/mol. The van der Waals surface area contributed by atoms with Crippen molar-refractivity contribution in [2.45, 2.75) is 71.1 Å². The fourth-order valence-corrected chi connectivity index (χ4v) is 3.25. The number of nitrogens with one attached hydrogen (secondary N) is 2. The number of carbonyl (C=O) groups is 2. The Morgan fingerprint density at radius 2 is 1.86 bits per heavy atom. The highest BCUT2D eigenvalue weighted by atomic mass is 35.5. The zero-order chi connectivity index (χ0) is 20.9. The second-order valence-corrected chi connectivity index (χ2v) is 8.22. The summed E-state index contributed by atoms with van der Waals surface area (Å²) in [4.78, 5) is 27.8. The van der Waals surface area contributed by atoms with E-state index in [9.17, 15) is 9.59 Å². The van der Waals surface area contributed by atoms with E-state index in [1.807, 2.05) is 20.8 Å². The molecule has 0 bridgehead atoms. The number of alkyl carbamates (subject to hydrolysis) is 1. The molecular formula is C19H29ClN4O4. The van der Waals surface area contributed by atoms with Gasteiger partial charge in [-0.2, -0.15) is 4.98 Å². The predicted molar refractivity (Wildman–Crippen MR) is 108 cm³/mol. The maximum atomic E-state index is 11.9. The first-order valence-corrected chi connectivity index (χ1v) is 9.86. The van der Waals surface area contributed by atoms with E-state index in [2.05, 4.69) is 15.6 Å². The van der Waals surface area contributed by atoms with Crippen molar-refractivity contribution in [3.63, 3.8) is 0 Å². The summed E-state index contributed by atoms with van der Waals surface area (Å²) >= 11 is 6.26. The third-order valence-corrected chi connectivity index (χ3v) is 4.56. The van der Waals surface area contributed by atoms with Gasteiger partial charge < -0.3 is 25.8 Å². The van der Waals surface area contributed by atoms with Crippen molar-refractivity contribution >= 4 is 29.4 Å². The summed E-state index contributed by atoms with van der Waals surface area (Å²) in [5.74, 6) is -0.0148. The van der Waals surface area contributed by atoms with Gasteiger partial charge in [0.05, 0.1) is 11.6 Å². The van der Waals surface area contributed by atoms with Gasteiger partial charge in [-0.15, -0.1) is 0 Å². The van der Waals surface area contributed by atoms with Crippen LogP contribution in [0.3, 0.4) is 0 Å². The van der Waals surface area contributed by atoms with Crippen LogP contribution in [0.2, 0.25) is 5.02 Å². The molecule has 2 amide bonds. The van der Waals surface area contributed by atoms with Gasteiger partial charge in [-0.25, -0.2) is 4.79 Å². The van der Waals surface area contributed by atoms with E-state index in [1.54, 1.807) is 6.92 Å². The van der Waals surface area contributed by atoms with Gasteiger partial charge in [0.15, 0.2) is 0 Å². The van der Waals surface area contributed by atoms with Crippen LogP contribution in [0, 0.1) is 0 Å². The lowest BCUT2D eigenvalue weighted by Gasteiger charge is -2.31. The van der Waals surface area contributed by atoms with Crippen LogP contribution in [0.1, 0.15) is 63.7 Å². The number of pyridine rings is 1. The number of anilines is 1. The summed E-state index contributed by atoms with van der Waals surface area (Å²) in [5, 5.41) is 6.53. The molecule has 1 aliphatic carbocycles. The molecular weight excluding hydrogens is 384 g/mol. The molecule has 0 spiro atoms. The number of amides is 2. The maximum absolute atomic E-state index is 11.9. The van der Waals surface area contributed by atoms with Gasteiger partial charge in [-0.1, -0.05) is 11.6 Å². The van der Waals surface area contributed by atoms with Crippen LogP contribution >= 0.6 is 11.6 Å². The summed E-state index contributed by atoms with van der Waals surface area (Å²) in [6.45, 7) is 7.67. The molecule has 156 valence electrons. The van der Waals surface area contributed by atoms with Gasteiger partial charge in [-0.3, -0.25) is 4.79 Å². The van der Waals surface area contributed by atoms with E-state index in [0.717, 1.165) is 25.7 Å². The Labute approximate surface area is 170 Å². The fraction of sp³-hybridized carbons (Fsp3) is 0.632. The Bertz CT molecular complexity index is 713. The predicted octanol–water partition coefficient (Wildman–Crippen LogP) is 3.48. The van der Waals surface area contributed by atoms with E-state index >= 15 is 0 Å². The summed E-state index contributed by atoms with van der Waals surface area (Å²) in [6, 6.07) is 1.70. The second-order valence-electron chi connectivity index (χ2n) is 7.81. The van der Waals surface area contributed by atoms with Crippen LogP contribution < -0.4 is 21.1 Å². The van der Waals surface area contributed by atoms with Crippen LogP contribution in [-0.4, -0.2) is 41.3 Å². The molecule has 1 aromatic heterocycles. The largest absolute Gasteiger partial charge is 0.477 e. The lowest BCUT2D eigenvalue weighted by molar-refractivity contribution is 0.0492. The molecule has 1 saturated carbocycles. The Hall–Kier alpha value is -2.22. The number of rotatable bonds is 6. The normalized spacial score (nSPS) is 19.6. The van der Waals surface area contributed by atoms with Crippen LogP contribution in [0.25, 0.3) is 0 Å². The standard InChI is InChI=1S/C19H29ClN4O4/c1-5-27-17-13(15(21)25)10-14(20)16(24-17)22-11-6-8-12(9-7-11)23-18(26)28-19(2,3)4/h10-12H,5-9H2,1-4H3,(H2,21,25)(H,22,24)(H,23,26). The highest BCUT2D eigenvalue weighted by Gasteiger charge is 2.26. The van der Waals surface area contributed by atoms with Crippen LogP contribution in [0.4, 0.5) is 10.6 Å². The average molecular weight is 413 g/mol. The number of ether oxygens (including phenoxy) is 2. The Balaban J connectivity index is 1.95. The lowest BCUT2D eigenvalue weighted by atomic mass is 9.91. The minimum Gasteiger partial charge on any atom is -0.477 e. The molecule has 0 saturated heterocycles. The smallest absolute Gasteiger partial charge is 0.407 e. The molecule has 1 heterocycles. The molecule has 8 nitrogen and oxygen atoms in total. The number of carbonyl (C=O) groups excluding carboxylic acids is 2. The van der Waals surface area contributed by atoms with Crippen molar-refractivity contribution < 1.29 is 19.1 Å². The molecule has 1 aromatic rings. The number of aromatic nitrogens is 1. The van der Waals surface area contributed by atoms with Crippen LogP contribution in [0.15, 0.2) is 6.07 Å². The van der Waals surface area contributed by atoms with E-state index in [1.165, 1.54) is 6.07 Å². The zero-order valence-corrected chi connectivity index (χ0v) is 17.6. The zero-order valence-electron chi connectivity index (χ0n) is 16.8. The maximum Gasteiger partial charge on any atom is 0.407 e. The van der Waals surface area contributed by atoms with Gasteiger partial charge >= 0.3 is 6.09 Å². The topological polar surface area (TPSA) is 116 Å². The summed E-state index contributed by atoms with van der Waals surface area (Å²) in [5.41, 5.74) is 5.00. The van der Waals surface area contributed by atoms with Crippen LogP contribution in [0.5, 0.6) is 5.88 Å². The molecule has 4 N–H and O–H groups in total. The molecule has 1 fully saturated rings. The van der Waals surface area contributed by atoms with E-state index in [0.29, 0.717) is 17.4 Å². The average Bonchev–Trinajstić information content (AvgIpc) is 2.57. The number of nitrogens with zero attached hydrogens (tertiary/aromatic N) is 1. The molecule has 1 aliphatic rings. The summed E-state index contributed by atoms with van der Waals surface area (Å²) in [6.07, 6.45) is 2.90. The molecule has 0 radical (unpaired) electrons.